The summed E-state index contributed by atoms with van der Waals surface area (Å²) in [4.78, 5) is 11.9. The van der Waals surface area contributed by atoms with E-state index in [4.69, 9.17) is 0 Å². The van der Waals surface area contributed by atoms with Crippen molar-refractivity contribution in [3.63, 3.8) is 0 Å². The number of rotatable bonds is 6. The molecule has 128 valence electrons. The first kappa shape index (κ1) is 17.1. The van der Waals surface area contributed by atoms with E-state index in [1.54, 1.807) is 0 Å². The van der Waals surface area contributed by atoms with Crippen molar-refractivity contribution >= 4 is 0 Å². The minimum Gasteiger partial charge on any atom is -0.314 e. The van der Waals surface area contributed by atoms with E-state index in [2.05, 4.69) is 58.3 Å². The van der Waals surface area contributed by atoms with Crippen molar-refractivity contribution in [3.05, 3.63) is 60.2 Å². The topological polar surface area (TPSA) is 41.1 Å². The molecule has 0 spiro atoms. The maximum atomic E-state index is 4.65. The van der Waals surface area contributed by atoms with Crippen LogP contribution >= 0.6 is 0 Å². The zero-order chi connectivity index (χ0) is 16.8. The van der Waals surface area contributed by atoms with Gasteiger partial charge in [0.2, 0.25) is 0 Å². The van der Waals surface area contributed by atoms with E-state index in [1.807, 2.05) is 24.5 Å². The molecule has 0 saturated carbocycles. The van der Waals surface area contributed by atoms with Gasteiger partial charge in [-0.2, -0.15) is 0 Å². The predicted octanol–water partition coefficient (Wildman–Crippen LogP) is 3.40. The Morgan fingerprint density at radius 3 is 2.33 bits per heavy atom. The van der Waals surface area contributed by atoms with Crippen molar-refractivity contribution in [2.24, 2.45) is 0 Å². The third-order valence-corrected chi connectivity index (χ3v) is 5.11. The zero-order valence-electron chi connectivity index (χ0n) is 14.7. The molecule has 0 radical (unpaired) electrons. The molecule has 3 atom stereocenters. The van der Waals surface area contributed by atoms with Gasteiger partial charge in [0.05, 0.1) is 11.7 Å². The van der Waals surface area contributed by atoms with Crippen LogP contribution in [0, 0.1) is 0 Å². The second kappa shape index (κ2) is 8.36. The summed E-state index contributed by atoms with van der Waals surface area (Å²) in [5.74, 6) is 0.441. The lowest BCUT2D eigenvalue weighted by Gasteiger charge is -2.44. The molecule has 0 aromatic carbocycles. The summed E-state index contributed by atoms with van der Waals surface area (Å²) in [6.45, 7) is 7.65. The van der Waals surface area contributed by atoms with Gasteiger partial charge in [-0.25, -0.2) is 0 Å². The van der Waals surface area contributed by atoms with Gasteiger partial charge in [0.25, 0.3) is 0 Å². The molecule has 24 heavy (non-hydrogen) atoms. The molecule has 1 N–H and O–H groups in total. The van der Waals surface area contributed by atoms with Crippen molar-refractivity contribution in [2.45, 2.75) is 44.7 Å². The predicted molar refractivity (Wildman–Crippen MR) is 97.9 cm³/mol. The van der Waals surface area contributed by atoms with Crippen LogP contribution in [-0.4, -0.2) is 40.5 Å². The highest BCUT2D eigenvalue weighted by atomic mass is 15.3. The summed E-state index contributed by atoms with van der Waals surface area (Å²) in [5.41, 5.74) is 2.39. The lowest BCUT2D eigenvalue weighted by molar-refractivity contribution is 0.0803. The van der Waals surface area contributed by atoms with E-state index < -0.39 is 0 Å². The number of piperazine rings is 1. The molecule has 4 nitrogen and oxygen atoms in total. The normalized spacial score (nSPS) is 21.3. The zero-order valence-corrected chi connectivity index (χ0v) is 14.7. The van der Waals surface area contributed by atoms with Crippen LogP contribution in [0.2, 0.25) is 0 Å². The Bertz CT molecular complexity index is 546. The molecule has 0 bridgehead atoms. The number of nitrogens with zero attached hydrogens (tertiary/aromatic N) is 3. The second-order valence-electron chi connectivity index (χ2n) is 6.46. The van der Waals surface area contributed by atoms with E-state index in [1.165, 1.54) is 11.4 Å². The van der Waals surface area contributed by atoms with E-state index >= 15 is 0 Å². The quantitative estimate of drug-likeness (QED) is 0.884. The molecule has 3 rings (SSSR count). The fourth-order valence-corrected chi connectivity index (χ4v) is 3.96. The summed E-state index contributed by atoms with van der Waals surface area (Å²) < 4.78 is 0. The lowest BCUT2D eigenvalue weighted by atomic mass is 9.88. The molecule has 1 aliphatic rings. The van der Waals surface area contributed by atoms with Gasteiger partial charge in [0, 0.05) is 49.7 Å². The van der Waals surface area contributed by atoms with Crippen LogP contribution in [0.3, 0.4) is 0 Å². The molecule has 3 heterocycles. The molecular weight excluding hydrogens is 296 g/mol. The second-order valence-corrected chi connectivity index (χ2v) is 6.46. The Morgan fingerprint density at radius 2 is 1.75 bits per heavy atom. The summed E-state index contributed by atoms with van der Waals surface area (Å²) in [6, 6.07) is 13.3. The molecule has 0 amide bonds. The van der Waals surface area contributed by atoms with Crippen LogP contribution in [0.15, 0.2) is 48.8 Å². The Morgan fingerprint density at radius 1 is 1.04 bits per heavy atom. The minimum absolute atomic E-state index is 0.371. The first-order valence-corrected chi connectivity index (χ1v) is 9.13. The monoisotopic (exact) mass is 324 g/mol. The molecule has 2 aromatic rings. The Kier molecular flexibility index (Phi) is 5.94. The van der Waals surface area contributed by atoms with Crippen molar-refractivity contribution in [3.8, 4) is 0 Å². The summed E-state index contributed by atoms with van der Waals surface area (Å²) in [6.07, 6.45) is 5.99. The van der Waals surface area contributed by atoms with Crippen molar-refractivity contribution in [2.75, 3.05) is 19.6 Å². The van der Waals surface area contributed by atoms with E-state index in [-0.39, 0.29) is 0 Å². The number of nitrogens with one attached hydrogen (secondary N) is 1. The van der Waals surface area contributed by atoms with Crippen molar-refractivity contribution < 1.29 is 0 Å². The number of hydrogen-bond donors (Lipinski definition) is 1. The molecule has 4 heteroatoms. The maximum Gasteiger partial charge on any atom is 0.0575 e. The van der Waals surface area contributed by atoms with Gasteiger partial charge in [-0.15, -0.1) is 0 Å². The molecular formula is C20H28N4. The maximum absolute atomic E-state index is 4.65. The van der Waals surface area contributed by atoms with Gasteiger partial charge >= 0.3 is 0 Å². The summed E-state index contributed by atoms with van der Waals surface area (Å²) in [7, 11) is 0. The number of pyridine rings is 2. The molecule has 0 aliphatic carbocycles. The van der Waals surface area contributed by atoms with Gasteiger partial charge in [-0.1, -0.05) is 26.0 Å². The molecule has 1 aliphatic heterocycles. The standard InChI is InChI=1S/C20H28N4/c1-3-16(17-9-5-7-11-22-17)20-15-21-13-14-24(20)19(4-2)18-10-6-8-12-23-18/h5-12,16,19-21H,3-4,13-15H2,1-2H3. The highest BCUT2D eigenvalue weighted by Gasteiger charge is 2.35. The highest BCUT2D eigenvalue weighted by Crippen LogP contribution is 2.33. The van der Waals surface area contributed by atoms with Gasteiger partial charge in [-0.05, 0) is 37.1 Å². The summed E-state index contributed by atoms with van der Waals surface area (Å²) >= 11 is 0. The van der Waals surface area contributed by atoms with E-state index in [0.29, 0.717) is 18.0 Å². The fourth-order valence-electron chi connectivity index (χ4n) is 3.96. The van der Waals surface area contributed by atoms with Crippen LogP contribution in [0.4, 0.5) is 0 Å². The smallest absolute Gasteiger partial charge is 0.0575 e. The van der Waals surface area contributed by atoms with Crippen molar-refractivity contribution in [1.29, 1.82) is 0 Å². The average molecular weight is 324 g/mol. The first-order chi connectivity index (χ1) is 11.8. The van der Waals surface area contributed by atoms with Gasteiger partial charge in [-0.3, -0.25) is 14.9 Å². The third-order valence-electron chi connectivity index (χ3n) is 5.11. The number of aromatic nitrogens is 2. The highest BCUT2D eigenvalue weighted by molar-refractivity contribution is 5.16. The lowest BCUT2D eigenvalue weighted by Crippen LogP contribution is -2.54. The van der Waals surface area contributed by atoms with E-state index in [9.17, 15) is 0 Å². The molecule has 1 fully saturated rings. The molecule has 1 saturated heterocycles. The van der Waals surface area contributed by atoms with Crippen LogP contribution in [0.25, 0.3) is 0 Å². The Labute approximate surface area is 145 Å². The van der Waals surface area contributed by atoms with Crippen LogP contribution in [0.1, 0.15) is 50.0 Å². The first-order valence-electron chi connectivity index (χ1n) is 9.13. The molecule has 2 aromatic heterocycles. The minimum atomic E-state index is 0.371. The fraction of sp³-hybridized carbons (Fsp3) is 0.500. The van der Waals surface area contributed by atoms with Gasteiger partial charge in [0.1, 0.15) is 0 Å². The van der Waals surface area contributed by atoms with Gasteiger partial charge < -0.3 is 5.32 Å². The van der Waals surface area contributed by atoms with E-state index in [0.717, 1.165) is 32.5 Å². The van der Waals surface area contributed by atoms with Crippen LogP contribution < -0.4 is 5.32 Å². The van der Waals surface area contributed by atoms with Crippen molar-refractivity contribution in [1.82, 2.24) is 20.2 Å². The average Bonchev–Trinajstić information content (AvgIpc) is 2.66. The molecule has 3 unspecified atom stereocenters. The SMILES string of the molecule is CCC(c1ccccn1)C1CNCCN1C(CC)c1ccccn1. The summed E-state index contributed by atoms with van der Waals surface area (Å²) in [5, 5.41) is 3.59. The number of hydrogen-bond acceptors (Lipinski definition) is 4. The third kappa shape index (κ3) is 3.65. The Balaban J connectivity index is 1.89. The van der Waals surface area contributed by atoms with Crippen LogP contribution in [0.5, 0.6) is 0 Å². The van der Waals surface area contributed by atoms with Crippen LogP contribution in [-0.2, 0) is 0 Å². The Hall–Kier alpha value is -1.78. The largest absolute Gasteiger partial charge is 0.314 e. The van der Waals surface area contributed by atoms with Gasteiger partial charge in [0.15, 0.2) is 0 Å².